The molecule has 1 amide bonds. The number of amides is 1. The Morgan fingerprint density at radius 3 is 2.58 bits per heavy atom. The van der Waals surface area contributed by atoms with Crippen LogP contribution in [0.2, 0.25) is 5.02 Å². The number of phenols is 2. The van der Waals surface area contributed by atoms with E-state index in [-0.39, 0.29) is 41.4 Å². The molecule has 0 spiro atoms. The Hall–Kier alpha value is -2.73. The average molecular weight is 681 g/mol. The van der Waals surface area contributed by atoms with E-state index in [0.29, 0.717) is 34.6 Å². The summed E-state index contributed by atoms with van der Waals surface area (Å²) >= 11 is 5.93. The fraction of sp³-hybridized carbons (Fsp3) is 0.367. The predicted molar refractivity (Wildman–Crippen MR) is 156 cm³/mol. The summed E-state index contributed by atoms with van der Waals surface area (Å²) in [7, 11) is 9.84. The van der Waals surface area contributed by atoms with Gasteiger partial charge in [-0.15, -0.1) is 0 Å². The summed E-state index contributed by atoms with van der Waals surface area (Å²) in [6.07, 6.45) is 1.94. The Bertz CT molecular complexity index is 1390. The van der Waals surface area contributed by atoms with Crippen molar-refractivity contribution in [1.82, 2.24) is 10.2 Å². The molecule has 1 aliphatic carbocycles. The molecular formula is C30H38ClIN4O4. The monoisotopic (exact) mass is 680 g/mol. The van der Waals surface area contributed by atoms with E-state index >= 15 is 0 Å². The molecule has 1 aliphatic heterocycles. The van der Waals surface area contributed by atoms with Crippen LogP contribution in [0, 0.1) is 0 Å². The molecule has 0 bridgehead atoms. The summed E-state index contributed by atoms with van der Waals surface area (Å²) < 4.78 is 5.92. The van der Waals surface area contributed by atoms with E-state index < -0.39 is 0 Å². The lowest BCUT2D eigenvalue weighted by atomic mass is 9.77. The van der Waals surface area contributed by atoms with Gasteiger partial charge in [0.05, 0.1) is 57.6 Å². The first-order valence-corrected chi connectivity index (χ1v) is 13.4. The number of methoxy groups -OCH3 is 1. The first kappa shape index (κ1) is 31.8. The molecule has 1 atom stereocenters. The molecule has 2 aliphatic rings. The van der Waals surface area contributed by atoms with Gasteiger partial charge in [-0.25, -0.2) is 0 Å². The number of benzene rings is 3. The molecular weight excluding hydrogens is 643 g/mol. The quantitative estimate of drug-likeness (QED) is 0.140. The number of nitrogens with two attached hydrogens (primary N) is 1. The molecule has 0 unspecified atom stereocenters. The van der Waals surface area contributed by atoms with Crippen LogP contribution in [0.4, 0.5) is 5.69 Å². The molecule has 40 heavy (non-hydrogen) atoms. The maximum absolute atomic E-state index is 12.1. The van der Waals surface area contributed by atoms with Crippen molar-refractivity contribution in [2.75, 3.05) is 60.7 Å². The van der Waals surface area contributed by atoms with Crippen LogP contribution < -0.4 is 39.8 Å². The molecule has 0 saturated carbocycles. The Kier molecular flexibility index (Phi) is 10.2. The van der Waals surface area contributed by atoms with E-state index in [1.165, 1.54) is 24.3 Å². The number of ether oxygens (including phenoxy) is 1. The molecule has 0 saturated heterocycles. The minimum Gasteiger partial charge on any atom is -1.00 e. The van der Waals surface area contributed by atoms with Gasteiger partial charge in [-0.2, -0.15) is 0 Å². The number of hydrogen-bond acceptors (Lipinski definition) is 6. The van der Waals surface area contributed by atoms with Crippen LogP contribution in [0.25, 0.3) is 11.1 Å². The molecule has 3 aromatic carbocycles. The van der Waals surface area contributed by atoms with E-state index in [9.17, 15) is 15.0 Å². The summed E-state index contributed by atoms with van der Waals surface area (Å²) in [6, 6.07) is 13.3. The highest BCUT2D eigenvalue weighted by Crippen LogP contribution is 2.49. The van der Waals surface area contributed by atoms with Gasteiger partial charge < -0.3 is 54.5 Å². The third kappa shape index (κ3) is 6.76. The van der Waals surface area contributed by atoms with Crippen molar-refractivity contribution < 1.29 is 48.2 Å². The van der Waals surface area contributed by atoms with Crippen LogP contribution in [-0.2, 0) is 12.8 Å². The SMILES string of the molecule is CN1CCc2cccc3c2[C@H]1Cc1ccc(O)c(O)c1-3.COc1cc(N)c(Cl)cc1C(=O)NCC[N+](C)(C)C.[I-]. The number of rotatable bonds is 5. The van der Waals surface area contributed by atoms with Crippen molar-refractivity contribution in [2.45, 2.75) is 18.9 Å². The van der Waals surface area contributed by atoms with Gasteiger partial charge in [0.15, 0.2) is 11.5 Å². The third-order valence-electron chi connectivity index (χ3n) is 7.35. The lowest BCUT2D eigenvalue weighted by molar-refractivity contribution is -0.869. The van der Waals surface area contributed by atoms with Crippen LogP contribution in [0.1, 0.15) is 33.1 Å². The zero-order chi connectivity index (χ0) is 28.5. The van der Waals surface area contributed by atoms with Gasteiger partial charge in [0.1, 0.15) is 5.75 Å². The van der Waals surface area contributed by atoms with E-state index in [4.69, 9.17) is 22.1 Å². The standard InChI is InChI=1S/C17H17NO2.C13H20ClN3O2.HI/c1-18-8-7-10-3-2-4-12-15(10)13(18)9-11-5-6-14(19)17(20)16(11)12;1-17(2,3)6-5-16-13(18)9-7-10(14)11(15)8-12(9)19-4;/h2-6,13,19-20H,7-9H2,1H3;7-8H,5-6H2,1-4H3,(H2-,15,16,18);1H/t13-;;/m1../s1. The Morgan fingerprint density at radius 2 is 1.90 bits per heavy atom. The minimum absolute atomic E-state index is 0. The second-order valence-electron chi connectivity index (χ2n) is 11.1. The molecule has 10 heteroatoms. The number of anilines is 1. The number of carbonyl (C=O) groups excluding carboxylic acids is 1. The Labute approximate surface area is 258 Å². The number of fused-ring (bicyclic) bond motifs is 2. The van der Waals surface area contributed by atoms with E-state index in [0.717, 1.165) is 47.1 Å². The summed E-state index contributed by atoms with van der Waals surface area (Å²) in [6.45, 7) is 2.48. The lowest BCUT2D eigenvalue weighted by Gasteiger charge is -2.39. The number of nitrogens with zero attached hydrogens (tertiary/aromatic N) is 2. The maximum Gasteiger partial charge on any atom is 0.255 e. The van der Waals surface area contributed by atoms with Gasteiger partial charge in [-0.3, -0.25) is 9.69 Å². The van der Waals surface area contributed by atoms with E-state index in [1.54, 1.807) is 12.1 Å². The van der Waals surface area contributed by atoms with Crippen molar-refractivity contribution in [3.63, 3.8) is 0 Å². The molecule has 5 rings (SSSR count). The zero-order valence-corrected chi connectivity index (χ0v) is 26.5. The van der Waals surface area contributed by atoms with Crippen LogP contribution in [0.5, 0.6) is 17.2 Å². The first-order chi connectivity index (χ1) is 18.4. The number of phenolic OH excluding ortho intramolecular Hbond substituents is 2. The largest absolute Gasteiger partial charge is 1.00 e. The highest BCUT2D eigenvalue weighted by Gasteiger charge is 2.34. The molecule has 0 fully saturated rings. The number of carbonyl (C=O) groups is 1. The van der Waals surface area contributed by atoms with Crippen LogP contribution in [0.3, 0.4) is 0 Å². The normalized spacial score (nSPS) is 15.5. The smallest absolute Gasteiger partial charge is 0.255 e. The van der Waals surface area contributed by atoms with Gasteiger partial charge in [-0.1, -0.05) is 35.9 Å². The Balaban J connectivity index is 0.000000216. The highest BCUT2D eigenvalue weighted by atomic mass is 127. The summed E-state index contributed by atoms with van der Waals surface area (Å²) in [5, 5.41) is 23.2. The number of likely N-dealkylation sites (N-methyl/N-ethyl adjacent to an activating group) is 2. The molecule has 5 N–H and O–H groups in total. The number of aromatic hydroxyl groups is 2. The molecule has 216 valence electrons. The molecule has 3 aromatic rings. The van der Waals surface area contributed by atoms with E-state index in [1.807, 2.05) is 6.07 Å². The summed E-state index contributed by atoms with van der Waals surface area (Å²) in [5.74, 6) is 0.184. The second kappa shape index (κ2) is 12.8. The topological polar surface area (TPSA) is 108 Å². The van der Waals surface area contributed by atoms with Gasteiger partial charge in [0, 0.05) is 24.2 Å². The summed E-state index contributed by atoms with van der Waals surface area (Å²) in [4.78, 5) is 14.5. The summed E-state index contributed by atoms with van der Waals surface area (Å²) in [5.41, 5.74) is 12.2. The molecule has 0 aromatic heterocycles. The van der Waals surface area contributed by atoms with Crippen molar-refractivity contribution in [2.24, 2.45) is 0 Å². The highest BCUT2D eigenvalue weighted by molar-refractivity contribution is 6.33. The number of quaternary nitrogens is 1. The molecule has 8 nitrogen and oxygen atoms in total. The van der Waals surface area contributed by atoms with Crippen molar-refractivity contribution in [3.05, 3.63) is 69.7 Å². The third-order valence-corrected chi connectivity index (χ3v) is 7.68. The van der Waals surface area contributed by atoms with Crippen molar-refractivity contribution >= 4 is 23.2 Å². The number of nitrogen functional groups attached to an aromatic ring is 1. The Morgan fingerprint density at radius 1 is 1.18 bits per heavy atom. The fourth-order valence-corrected chi connectivity index (χ4v) is 5.35. The van der Waals surface area contributed by atoms with Crippen molar-refractivity contribution in [1.29, 1.82) is 0 Å². The number of hydrogen-bond donors (Lipinski definition) is 4. The van der Waals surface area contributed by atoms with Gasteiger partial charge in [0.25, 0.3) is 5.91 Å². The minimum atomic E-state index is -0.216. The maximum atomic E-state index is 12.1. The van der Waals surface area contributed by atoms with Gasteiger partial charge in [0.2, 0.25) is 0 Å². The fourth-order valence-electron chi connectivity index (χ4n) is 5.19. The van der Waals surface area contributed by atoms with Crippen LogP contribution in [0.15, 0.2) is 42.5 Å². The van der Waals surface area contributed by atoms with Crippen LogP contribution in [-0.4, -0.2) is 80.4 Å². The van der Waals surface area contributed by atoms with Gasteiger partial charge in [-0.05, 0) is 54.3 Å². The van der Waals surface area contributed by atoms with E-state index in [2.05, 4.69) is 56.6 Å². The predicted octanol–water partition coefficient (Wildman–Crippen LogP) is 1.22. The van der Waals surface area contributed by atoms with Crippen LogP contribution >= 0.6 is 11.6 Å². The first-order valence-electron chi connectivity index (χ1n) is 13.0. The molecule has 1 heterocycles. The van der Waals surface area contributed by atoms with Gasteiger partial charge >= 0.3 is 0 Å². The average Bonchev–Trinajstić information content (AvgIpc) is 2.89. The number of nitrogens with one attached hydrogen (secondary N) is 1. The number of halogens is 2. The molecule has 0 radical (unpaired) electrons. The zero-order valence-electron chi connectivity index (χ0n) is 23.6. The van der Waals surface area contributed by atoms with Crippen molar-refractivity contribution in [3.8, 4) is 28.4 Å². The second-order valence-corrected chi connectivity index (χ2v) is 11.5. The lowest BCUT2D eigenvalue weighted by Crippen LogP contribution is -3.00.